The molecule has 0 saturated heterocycles. The van der Waals surface area contributed by atoms with Gasteiger partial charge in [-0.2, -0.15) is 0 Å². The molecule has 0 saturated carbocycles. The van der Waals surface area contributed by atoms with Crippen molar-refractivity contribution in [1.82, 2.24) is 0 Å². The van der Waals surface area contributed by atoms with Crippen molar-refractivity contribution in [3.05, 3.63) is 34.6 Å². The maximum atomic E-state index is 10.1. The van der Waals surface area contributed by atoms with E-state index in [1.54, 1.807) is 13.4 Å². The first-order valence-electron chi connectivity index (χ1n) is 6.83. The molecule has 3 nitrogen and oxygen atoms in total. The van der Waals surface area contributed by atoms with Gasteiger partial charge in [0.05, 0.1) is 19.0 Å². The smallest absolute Gasteiger partial charge is 0.138 e. The van der Waals surface area contributed by atoms with E-state index < -0.39 is 0 Å². The maximum absolute atomic E-state index is 10.1. The van der Waals surface area contributed by atoms with Gasteiger partial charge in [0.1, 0.15) is 5.58 Å². The summed E-state index contributed by atoms with van der Waals surface area (Å²) in [5.41, 5.74) is 5.84. The summed E-state index contributed by atoms with van der Waals surface area (Å²) in [5.74, 6) is 0.132. The molecule has 3 heteroatoms. The third kappa shape index (κ3) is 1.88. The SMILES string of the molecule is COCc1coc2c3c(c(C)cc12)CC[C@H](O)[C@H]3C. The van der Waals surface area contributed by atoms with Crippen molar-refractivity contribution in [1.29, 1.82) is 0 Å². The molecular weight excluding hydrogens is 240 g/mol. The lowest BCUT2D eigenvalue weighted by Gasteiger charge is -2.28. The van der Waals surface area contributed by atoms with Crippen LogP contribution in [0.3, 0.4) is 0 Å². The highest BCUT2D eigenvalue weighted by molar-refractivity contribution is 5.86. The van der Waals surface area contributed by atoms with Crippen LogP contribution in [0.25, 0.3) is 11.0 Å². The number of methoxy groups -OCH3 is 1. The Morgan fingerprint density at radius 1 is 1.47 bits per heavy atom. The molecule has 0 bridgehead atoms. The second-order valence-corrected chi connectivity index (χ2v) is 5.55. The highest BCUT2D eigenvalue weighted by Gasteiger charge is 2.29. The van der Waals surface area contributed by atoms with Crippen LogP contribution in [0.2, 0.25) is 0 Å². The summed E-state index contributed by atoms with van der Waals surface area (Å²) >= 11 is 0. The van der Waals surface area contributed by atoms with E-state index in [0.29, 0.717) is 6.61 Å². The third-order valence-corrected chi connectivity index (χ3v) is 4.34. The Kier molecular flexibility index (Phi) is 3.11. The van der Waals surface area contributed by atoms with Crippen LogP contribution in [-0.4, -0.2) is 18.3 Å². The Labute approximate surface area is 113 Å². The van der Waals surface area contributed by atoms with Crippen molar-refractivity contribution < 1.29 is 14.3 Å². The fourth-order valence-electron chi connectivity index (χ4n) is 3.24. The van der Waals surface area contributed by atoms with Gasteiger partial charge >= 0.3 is 0 Å². The molecule has 2 aromatic rings. The van der Waals surface area contributed by atoms with Gasteiger partial charge < -0.3 is 14.3 Å². The normalized spacial score (nSPS) is 22.7. The van der Waals surface area contributed by atoms with Crippen LogP contribution < -0.4 is 0 Å². The summed E-state index contributed by atoms with van der Waals surface area (Å²) in [6.45, 7) is 4.79. The molecule has 0 amide bonds. The van der Waals surface area contributed by atoms with E-state index in [1.807, 2.05) is 0 Å². The molecule has 19 heavy (non-hydrogen) atoms. The number of benzene rings is 1. The monoisotopic (exact) mass is 260 g/mol. The van der Waals surface area contributed by atoms with Crippen molar-refractivity contribution in [2.24, 2.45) is 0 Å². The van der Waals surface area contributed by atoms with Gasteiger partial charge in [-0.25, -0.2) is 0 Å². The fraction of sp³-hybridized carbons (Fsp3) is 0.500. The zero-order valence-corrected chi connectivity index (χ0v) is 11.7. The standard InChI is InChI=1S/C16H20O3/c1-9-6-13-11(7-18-3)8-19-16(13)15-10(2)14(17)5-4-12(9)15/h6,8,10,14,17H,4-5,7H2,1-3H3/t10-,14+/m1/s1. The van der Waals surface area contributed by atoms with Crippen LogP contribution in [0.4, 0.5) is 0 Å². The third-order valence-electron chi connectivity index (χ3n) is 4.34. The van der Waals surface area contributed by atoms with Gasteiger partial charge in [-0.1, -0.05) is 6.92 Å². The summed E-state index contributed by atoms with van der Waals surface area (Å²) < 4.78 is 11.0. The van der Waals surface area contributed by atoms with Gasteiger partial charge in [-0.05, 0) is 37.0 Å². The van der Waals surface area contributed by atoms with Gasteiger partial charge in [-0.15, -0.1) is 0 Å². The average molecular weight is 260 g/mol. The molecule has 0 aliphatic heterocycles. The van der Waals surface area contributed by atoms with Crippen LogP contribution in [0, 0.1) is 6.92 Å². The number of aliphatic hydroxyl groups excluding tert-OH is 1. The zero-order chi connectivity index (χ0) is 13.6. The lowest BCUT2D eigenvalue weighted by Crippen LogP contribution is -2.23. The molecule has 1 aromatic carbocycles. The quantitative estimate of drug-likeness (QED) is 0.901. The summed E-state index contributed by atoms with van der Waals surface area (Å²) in [6.07, 6.45) is 3.28. The largest absolute Gasteiger partial charge is 0.464 e. The molecule has 0 spiro atoms. The minimum absolute atomic E-state index is 0.132. The second kappa shape index (κ2) is 4.66. The highest BCUT2D eigenvalue weighted by Crippen LogP contribution is 2.40. The molecule has 2 atom stereocenters. The van der Waals surface area contributed by atoms with E-state index in [-0.39, 0.29) is 12.0 Å². The summed E-state index contributed by atoms with van der Waals surface area (Å²) in [5, 5.41) is 11.2. The fourth-order valence-corrected chi connectivity index (χ4v) is 3.24. The van der Waals surface area contributed by atoms with Crippen molar-refractivity contribution in [3.63, 3.8) is 0 Å². The highest BCUT2D eigenvalue weighted by atomic mass is 16.5. The van der Waals surface area contributed by atoms with E-state index in [9.17, 15) is 5.11 Å². The van der Waals surface area contributed by atoms with Crippen LogP contribution in [0.15, 0.2) is 16.7 Å². The van der Waals surface area contributed by atoms with Gasteiger partial charge in [0.25, 0.3) is 0 Å². The van der Waals surface area contributed by atoms with Gasteiger partial charge in [0, 0.05) is 29.5 Å². The first-order valence-corrected chi connectivity index (χ1v) is 6.83. The van der Waals surface area contributed by atoms with E-state index in [2.05, 4.69) is 19.9 Å². The second-order valence-electron chi connectivity index (χ2n) is 5.55. The van der Waals surface area contributed by atoms with Crippen molar-refractivity contribution >= 4 is 11.0 Å². The average Bonchev–Trinajstić information content (AvgIpc) is 2.77. The van der Waals surface area contributed by atoms with E-state index in [1.165, 1.54) is 16.7 Å². The number of hydrogen-bond donors (Lipinski definition) is 1. The molecule has 1 aliphatic carbocycles. The number of aryl methyl sites for hydroxylation is 1. The molecule has 1 N–H and O–H groups in total. The predicted octanol–water partition coefficient (Wildman–Crippen LogP) is 3.30. The first kappa shape index (κ1) is 12.7. The van der Waals surface area contributed by atoms with E-state index in [4.69, 9.17) is 9.15 Å². The first-order chi connectivity index (χ1) is 9.13. The van der Waals surface area contributed by atoms with Crippen molar-refractivity contribution in [2.45, 2.75) is 45.3 Å². The Morgan fingerprint density at radius 3 is 3.00 bits per heavy atom. The topological polar surface area (TPSA) is 42.6 Å². The molecule has 102 valence electrons. The van der Waals surface area contributed by atoms with E-state index in [0.717, 1.165) is 29.4 Å². The van der Waals surface area contributed by atoms with Crippen LogP contribution in [0.5, 0.6) is 0 Å². The minimum atomic E-state index is -0.270. The summed E-state index contributed by atoms with van der Waals surface area (Å²) in [7, 11) is 1.69. The van der Waals surface area contributed by atoms with Crippen LogP contribution >= 0.6 is 0 Å². The molecule has 3 rings (SSSR count). The number of hydrogen-bond acceptors (Lipinski definition) is 3. The molecule has 1 aliphatic rings. The van der Waals surface area contributed by atoms with Crippen molar-refractivity contribution in [2.75, 3.05) is 7.11 Å². The zero-order valence-electron chi connectivity index (χ0n) is 11.7. The minimum Gasteiger partial charge on any atom is -0.464 e. The van der Waals surface area contributed by atoms with Gasteiger partial charge in [-0.3, -0.25) is 0 Å². The molecule has 1 aromatic heterocycles. The number of ether oxygens (including phenoxy) is 1. The number of rotatable bonds is 2. The summed E-state index contributed by atoms with van der Waals surface area (Å²) in [6, 6.07) is 2.19. The Balaban J connectivity index is 2.26. The molecule has 0 radical (unpaired) electrons. The van der Waals surface area contributed by atoms with Gasteiger partial charge in [0.2, 0.25) is 0 Å². The number of aliphatic hydroxyl groups is 1. The van der Waals surface area contributed by atoms with Crippen LogP contribution in [0.1, 0.15) is 41.5 Å². The Bertz CT molecular complexity index is 612. The van der Waals surface area contributed by atoms with Crippen molar-refractivity contribution in [3.8, 4) is 0 Å². The van der Waals surface area contributed by atoms with E-state index >= 15 is 0 Å². The predicted molar refractivity (Wildman–Crippen MR) is 74.4 cm³/mol. The van der Waals surface area contributed by atoms with Crippen LogP contribution in [-0.2, 0) is 17.8 Å². The summed E-state index contributed by atoms with van der Waals surface area (Å²) in [4.78, 5) is 0. The molecular formula is C16H20O3. The number of furan rings is 1. The molecule has 1 heterocycles. The Morgan fingerprint density at radius 2 is 2.26 bits per heavy atom. The number of fused-ring (bicyclic) bond motifs is 3. The Hall–Kier alpha value is -1.32. The molecule has 0 unspecified atom stereocenters. The molecule has 0 fully saturated rings. The lowest BCUT2D eigenvalue weighted by molar-refractivity contribution is 0.132. The van der Waals surface area contributed by atoms with Gasteiger partial charge in [0.15, 0.2) is 0 Å². The maximum Gasteiger partial charge on any atom is 0.138 e. The lowest BCUT2D eigenvalue weighted by atomic mass is 9.79.